The van der Waals surface area contributed by atoms with Crippen LogP contribution in [0.1, 0.15) is 19.4 Å². The monoisotopic (exact) mass is 505 g/mol. The minimum atomic E-state index is -3.85. The second-order valence-corrected chi connectivity index (χ2v) is 13.1. The van der Waals surface area contributed by atoms with Gasteiger partial charge in [-0.1, -0.05) is 0 Å². The average Bonchev–Trinajstić information content (AvgIpc) is 2.55. The molecule has 0 N–H and O–H groups in total. The number of hydrogen-bond donors (Lipinski definition) is 0. The first-order valence-corrected chi connectivity index (χ1v) is 14.2. The summed E-state index contributed by atoms with van der Waals surface area (Å²) in [5, 5.41) is 10.7. The molecule has 0 aliphatic heterocycles. The Hall–Kier alpha value is -1.34. The summed E-state index contributed by atoms with van der Waals surface area (Å²) in [7, 11) is 8.02. The van der Waals surface area contributed by atoms with Gasteiger partial charge in [-0.25, -0.2) is 0 Å². The zero-order valence-electron chi connectivity index (χ0n) is 13.7. The normalized spacial score (nSPS) is 12.0. The molecule has 0 unspecified atom stereocenters. The van der Waals surface area contributed by atoms with E-state index in [1.165, 1.54) is 24.3 Å². The van der Waals surface area contributed by atoms with Crippen LogP contribution in [0.4, 0.5) is 5.69 Å². The molecule has 2 rings (SSSR count). The molecule has 0 saturated carbocycles. The zero-order valence-corrected chi connectivity index (χ0v) is 17.8. The number of ether oxygens (including phenoxy) is 1. The fourth-order valence-electron chi connectivity index (χ4n) is 2.10. The summed E-state index contributed by atoms with van der Waals surface area (Å²) in [6.07, 6.45) is -0.106. The van der Waals surface area contributed by atoms with E-state index in [9.17, 15) is 18.5 Å². The van der Waals surface area contributed by atoms with Crippen LogP contribution in [0.2, 0.25) is 0 Å². The molecule has 142 valence electrons. The van der Waals surface area contributed by atoms with Crippen molar-refractivity contribution < 1.29 is 31.6 Å². The van der Waals surface area contributed by atoms with Crippen LogP contribution in [0.25, 0.3) is 0 Å². The van der Waals surface area contributed by atoms with E-state index in [1.54, 1.807) is 10.7 Å². The van der Waals surface area contributed by atoms with Crippen molar-refractivity contribution in [3.8, 4) is 5.75 Å². The quantitative estimate of drug-likeness (QED) is 0.332. The Bertz CT molecular complexity index is 955. The number of nitro benzene ring substituents is 1. The van der Waals surface area contributed by atoms with Crippen LogP contribution in [0, 0.1) is 10.1 Å². The van der Waals surface area contributed by atoms with Crippen molar-refractivity contribution in [3.05, 3.63) is 58.1 Å². The van der Waals surface area contributed by atoms with Gasteiger partial charge in [-0.3, -0.25) is 0 Å². The molecule has 0 fully saturated rings. The summed E-state index contributed by atoms with van der Waals surface area (Å²) in [4.78, 5) is 10.1. The maximum absolute atomic E-state index is 12.8. The molecule has 0 spiro atoms. The minimum absolute atomic E-state index is 0.0254. The number of nitro groups is 1. The Morgan fingerprint density at radius 3 is 2.19 bits per heavy atom. The van der Waals surface area contributed by atoms with Crippen LogP contribution in [-0.2, 0) is 23.4 Å². The Kier molecular flexibility index (Phi) is 6.91. The van der Waals surface area contributed by atoms with E-state index in [4.69, 9.17) is 24.1 Å². The first-order valence-electron chi connectivity index (χ1n) is 7.24. The maximum atomic E-state index is 12.8. The molecule has 0 saturated heterocycles. The van der Waals surface area contributed by atoms with Gasteiger partial charge in [-0.15, -0.1) is 0 Å². The zero-order chi connectivity index (χ0) is 19.5. The Morgan fingerprint density at radius 1 is 1.12 bits per heavy atom. The first kappa shape index (κ1) is 21.0. The number of rotatable bonds is 6. The number of benzene rings is 2. The van der Waals surface area contributed by atoms with Crippen LogP contribution in [0.3, 0.4) is 0 Å². The van der Waals surface area contributed by atoms with Gasteiger partial charge < -0.3 is 0 Å². The predicted molar refractivity (Wildman–Crippen MR) is 97.6 cm³/mol. The van der Waals surface area contributed by atoms with E-state index in [-0.39, 0.29) is 21.6 Å². The predicted octanol–water partition coefficient (Wildman–Crippen LogP) is 4.29. The third-order valence-corrected chi connectivity index (χ3v) is 6.80. The van der Waals surface area contributed by atoms with Crippen LogP contribution in [-0.4, -0.2) is 24.1 Å². The van der Waals surface area contributed by atoms with E-state index in [2.05, 4.69) is 0 Å². The fourth-order valence-corrected chi connectivity index (χ4v) is 5.18. The molecule has 2 aromatic carbocycles. The molecule has 0 atom stereocenters. The molecule has 10 heteroatoms. The summed E-state index contributed by atoms with van der Waals surface area (Å²) in [6, 6.07) is 9.13. The Morgan fingerprint density at radius 2 is 1.69 bits per heavy atom. The molecule has 0 aliphatic carbocycles. The van der Waals surface area contributed by atoms with Gasteiger partial charge in [0.05, 0.1) is 0 Å². The van der Waals surface area contributed by atoms with Gasteiger partial charge >= 0.3 is 165 Å². The molecular formula is C16H15Cl2NO5RuS. The van der Waals surface area contributed by atoms with Crippen LogP contribution in [0.5, 0.6) is 5.75 Å². The molecule has 0 aliphatic rings. The molecule has 26 heavy (non-hydrogen) atoms. The third kappa shape index (κ3) is 5.10. The van der Waals surface area contributed by atoms with Crippen LogP contribution < -0.4 is 4.74 Å². The SMILES string of the molecule is CC(C)Oc1ccc(S(=O)(=O)c2ccc([N+](=O)[O-])cc2)cc1[CH]=[Ru]([Cl])[Cl]. The fraction of sp³-hybridized carbons (Fsp3) is 0.188. The third-order valence-electron chi connectivity index (χ3n) is 3.20. The molecule has 0 radical (unpaired) electrons. The number of hydrogen-bond acceptors (Lipinski definition) is 5. The van der Waals surface area contributed by atoms with Crippen molar-refractivity contribution in [2.75, 3.05) is 0 Å². The summed E-state index contributed by atoms with van der Waals surface area (Å²) in [5.41, 5.74) is 0.322. The van der Waals surface area contributed by atoms with E-state index < -0.39 is 28.3 Å². The molecule has 6 nitrogen and oxygen atoms in total. The van der Waals surface area contributed by atoms with Crippen LogP contribution in [0.15, 0.2) is 52.3 Å². The van der Waals surface area contributed by atoms with Gasteiger partial charge in [0, 0.05) is 0 Å². The Labute approximate surface area is 164 Å². The van der Waals surface area contributed by atoms with Gasteiger partial charge in [-0.2, -0.15) is 0 Å². The van der Waals surface area contributed by atoms with Gasteiger partial charge in [0.1, 0.15) is 0 Å². The van der Waals surface area contributed by atoms with E-state index in [0.29, 0.717) is 11.3 Å². The molecular weight excluding hydrogens is 490 g/mol. The van der Waals surface area contributed by atoms with Crippen LogP contribution >= 0.6 is 19.4 Å². The van der Waals surface area contributed by atoms with Gasteiger partial charge in [-0.05, 0) is 0 Å². The van der Waals surface area contributed by atoms with Crippen molar-refractivity contribution in [3.63, 3.8) is 0 Å². The van der Waals surface area contributed by atoms with Crippen molar-refractivity contribution in [1.29, 1.82) is 0 Å². The van der Waals surface area contributed by atoms with Gasteiger partial charge in [0.15, 0.2) is 0 Å². The standard InChI is InChI=1S/C16H15NO5S.2ClH.Ru/c1-11(2)22-16-9-8-15(10-12(16)3)23(20,21)14-6-4-13(5-7-14)17(18)19;;;/h3-11H,1-2H3;2*1H;/q;;;+2/p-2. The van der Waals surface area contributed by atoms with Crippen molar-refractivity contribution >= 4 is 39.5 Å². The summed E-state index contributed by atoms with van der Waals surface area (Å²) in [5.74, 6) is 0.489. The topological polar surface area (TPSA) is 86.5 Å². The average molecular weight is 505 g/mol. The number of non-ortho nitro benzene ring substituents is 1. The number of halogens is 2. The van der Waals surface area contributed by atoms with Crippen molar-refractivity contribution in [1.82, 2.24) is 0 Å². The van der Waals surface area contributed by atoms with Crippen molar-refractivity contribution in [2.45, 2.75) is 29.7 Å². The summed E-state index contributed by atoms with van der Waals surface area (Å²) < 4.78 is 32.9. The number of nitrogens with zero attached hydrogens (tertiary/aromatic N) is 1. The molecule has 0 bridgehead atoms. The first-order chi connectivity index (χ1) is 12.1. The van der Waals surface area contributed by atoms with Gasteiger partial charge in [0.2, 0.25) is 0 Å². The van der Waals surface area contributed by atoms with E-state index in [1.807, 2.05) is 13.8 Å². The van der Waals surface area contributed by atoms with Gasteiger partial charge in [0.25, 0.3) is 0 Å². The Balaban J connectivity index is 2.52. The van der Waals surface area contributed by atoms with E-state index in [0.717, 1.165) is 12.1 Å². The second-order valence-electron chi connectivity index (χ2n) is 5.43. The second kappa shape index (κ2) is 8.57. The molecule has 0 heterocycles. The van der Waals surface area contributed by atoms with Crippen molar-refractivity contribution in [2.24, 2.45) is 0 Å². The van der Waals surface area contributed by atoms with E-state index >= 15 is 0 Å². The molecule has 2 aromatic rings. The summed E-state index contributed by atoms with van der Waals surface area (Å²) >= 11 is -2.21. The summed E-state index contributed by atoms with van der Waals surface area (Å²) in [6.45, 7) is 3.70. The number of sulfone groups is 1. The molecule has 0 amide bonds. The molecule has 0 aromatic heterocycles.